The molecular formula is C22H19NO3. The van der Waals surface area contributed by atoms with Gasteiger partial charge in [-0.05, 0) is 23.3 Å². The van der Waals surface area contributed by atoms with E-state index in [1.165, 1.54) is 6.92 Å². The summed E-state index contributed by atoms with van der Waals surface area (Å²) in [5.74, 6) is -0.899. The van der Waals surface area contributed by atoms with Crippen LogP contribution in [-0.4, -0.2) is 11.9 Å². The third kappa shape index (κ3) is 4.36. The van der Waals surface area contributed by atoms with Gasteiger partial charge in [-0.1, -0.05) is 72.8 Å². The second-order valence-electron chi connectivity index (χ2n) is 5.83. The van der Waals surface area contributed by atoms with Crippen LogP contribution in [-0.2, 0) is 14.3 Å². The number of rotatable bonds is 5. The van der Waals surface area contributed by atoms with Crippen molar-refractivity contribution in [2.75, 3.05) is 5.32 Å². The molecule has 0 bridgehead atoms. The average molecular weight is 345 g/mol. The van der Waals surface area contributed by atoms with Crippen molar-refractivity contribution in [2.45, 2.75) is 13.0 Å². The topological polar surface area (TPSA) is 55.4 Å². The van der Waals surface area contributed by atoms with Crippen LogP contribution in [0.2, 0.25) is 0 Å². The normalized spacial score (nSPS) is 11.4. The van der Waals surface area contributed by atoms with E-state index >= 15 is 0 Å². The molecule has 1 N–H and O–H groups in total. The minimum atomic E-state index is -1.00. The van der Waals surface area contributed by atoms with Gasteiger partial charge in [0.2, 0.25) is 6.10 Å². The van der Waals surface area contributed by atoms with E-state index in [0.717, 1.165) is 11.1 Å². The number of hydrogen-bond acceptors (Lipinski definition) is 3. The maximum absolute atomic E-state index is 12.6. The van der Waals surface area contributed by atoms with E-state index in [2.05, 4.69) is 5.32 Å². The van der Waals surface area contributed by atoms with Crippen molar-refractivity contribution in [3.05, 3.63) is 90.5 Å². The molecular weight excluding hydrogens is 326 g/mol. The summed E-state index contributed by atoms with van der Waals surface area (Å²) in [5.41, 5.74) is 3.38. The Kier molecular flexibility index (Phi) is 5.44. The monoisotopic (exact) mass is 345 g/mol. The molecule has 0 aliphatic rings. The lowest BCUT2D eigenvalue weighted by Crippen LogP contribution is -2.25. The molecule has 130 valence electrons. The van der Waals surface area contributed by atoms with Gasteiger partial charge in [-0.15, -0.1) is 0 Å². The van der Waals surface area contributed by atoms with Crippen molar-refractivity contribution in [1.29, 1.82) is 0 Å². The Bertz CT molecular complexity index is 874. The molecule has 1 amide bonds. The van der Waals surface area contributed by atoms with Gasteiger partial charge < -0.3 is 10.1 Å². The van der Waals surface area contributed by atoms with E-state index in [1.54, 1.807) is 24.3 Å². The predicted molar refractivity (Wildman–Crippen MR) is 101 cm³/mol. The van der Waals surface area contributed by atoms with Crippen LogP contribution < -0.4 is 5.32 Å². The highest BCUT2D eigenvalue weighted by Gasteiger charge is 2.24. The number of esters is 1. The van der Waals surface area contributed by atoms with Gasteiger partial charge in [-0.25, -0.2) is 0 Å². The van der Waals surface area contributed by atoms with E-state index in [4.69, 9.17) is 4.74 Å². The SMILES string of the molecule is CC(=O)OC(C(=O)Nc1ccccc1)c1ccc(-c2ccccc2)cc1. The van der Waals surface area contributed by atoms with Gasteiger partial charge in [-0.2, -0.15) is 0 Å². The summed E-state index contributed by atoms with van der Waals surface area (Å²) in [6.07, 6.45) is -1.00. The van der Waals surface area contributed by atoms with Crippen molar-refractivity contribution in [3.8, 4) is 11.1 Å². The predicted octanol–water partition coefficient (Wildman–Crippen LogP) is 4.60. The van der Waals surface area contributed by atoms with E-state index < -0.39 is 12.1 Å². The van der Waals surface area contributed by atoms with Gasteiger partial charge in [0.1, 0.15) is 0 Å². The number of amides is 1. The molecule has 1 atom stereocenters. The highest BCUT2D eigenvalue weighted by molar-refractivity contribution is 5.96. The first-order valence-electron chi connectivity index (χ1n) is 8.32. The van der Waals surface area contributed by atoms with Crippen molar-refractivity contribution in [3.63, 3.8) is 0 Å². The highest BCUT2D eigenvalue weighted by Crippen LogP contribution is 2.25. The molecule has 0 aromatic heterocycles. The fourth-order valence-corrected chi connectivity index (χ4v) is 2.65. The minimum absolute atomic E-state index is 0.390. The van der Waals surface area contributed by atoms with Crippen LogP contribution in [0.5, 0.6) is 0 Å². The summed E-state index contributed by atoms with van der Waals surface area (Å²) in [6, 6.07) is 26.4. The summed E-state index contributed by atoms with van der Waals surface area (Å²) in [4.78, 5) is 24.1. The molecule has 0 fully saturated rings. The lowest BCUT2D eigenvalue weighted by Gasteiger charge is -2.17. The zero-order chi connectivity index (χ0) is 18.4. The fraction of sp³-hybridized carbons (Fsp3) is 0.0909. The third-order valence-corrected chi connectivity index (χ3v) is 3.88. The van der Waals surface area contributed by atoms with E-state index in [9.17, 15) is 9.59 Å². The second-order valence-corrected chi connectivity index (χ2v) is 5.83. The molecule has 0 spiro atoms. The first-order valence-corrected chi connectivity index (χ1v) is 8.32. The summed E-state index contributed by atoms with van der Waals surface area (Å²) in [5, 5.41) is 2.78. The second kappa shape index (κ2) is 8.12. The largest absolute Gasteiger partial charge is 0.447 e. The standard InChI is InChI=1S/C22H19NO3/c1-16(24)26-21(22(25)23-20-10-6-3-7-11-20)19-14-12-18(13-15-19)17-8-4-2-5-9-17/h2-15,21H,1H3,(H,23,25). The molecule has 26 heavy (non-hydrogen) atoms. The van der Waals surface area contributed by atoms with Crippen molar-refractivity contribution in [2.24, 2.45) is 0 Å². The van der Waals surface area contributed by atoms with Crippen molar-refractivity contribution >= 4 is 17.6 Å². The molecule has 3 rings (SSSR count). The summed E-state index contributed by atoms with van der Waals surface area (Å²) in [7, 11) is 0. The quantitative estimate of drug-likeness (QED) is 0.688. The van der Waals surface area contributed by atoms with E-state index in [-0.39, 0.29) is 5.91 Å². The maximum Gasteiger partial charge on any atom is 0.303 e. The molecule has 0 radical (unpaired) electrons. The van der Waals surface area contributed by atoms with E-state index in [1.807, 2.05) is 60.7 Å². The van der Waals surface area contributed by atoms with Gasteiger partial charge in [0.25, 0.3) is 5.91 Å². The lowest BCUT2D eigenvalue weighted by atomic mass is 10.0. The zero-order valence-electron chi connectivity index (χ0n) is 14.4. The number of para-hydroxylation sites is 1. The molecule has 4 nitrogen and oxygen atoms in total. The number of carbonyl (C=O) groups excluding carboxylic acids is 2. The summed E-state index contributed by atoms with van der Waals surface area (Å²) < 4.78 is 5.27. The van der Waals surface area contributed by atoms with Crippen LogP contribution in [0.1, 0.15) is 18.6 Å². The summed E-state index contributed by atoms with van der Waals surface area (Å²) in [6.45, 7) is 1.29. The Morgan fingerprint density at radius 1 is 0.769 bits per heavy atom. The van der Waals surface area contributed by atoms with Crippen molar-refractivity contribution in [1.82, 2.24) is 0 Å². The van der Waals surface area contributed by atoms with Crippen LogP contribution in [0.15, 0.2) is 84.9 Å². The van der Waals surface area contributed by atoms with Crippen LogP contribution >= 0.6 is 0 Å². The number of hydrogen-bond donors (Lipinski definition) is 1. The molecule has 4 heteroatoms. The van der Waals surface area contributed by atoms with E-state index in [0.29, 0.717) is 11.3 Å². The van der Waals surface area contributed by atoms with Crippen LogP contribution in [0.3, 0.4) is 0 Å². The number of benzene rings is 3. The number of ether oxygens (including phenoxy) is 1. The molecule has 3 aromatic carbocycles. The number of carbonyl (C=O) groups is 2. The molecule has 1 unspecified atom stereocenters. The van der Waals surface area contributed by atoms with Crippen molar-refractivity contribution < 1.29 is 14.3 Å². The van der Waals surface area contributed by atoms with Crippen LogP contribution in [0, 0.1) is 0 Å². The van der Waals surface area contributed by atoms with Gasteiger partial charge in [0, 0.05) is 18.2 Å². The number of nitrogens with one attached hydrogen (secondary N) is 1. The van der Waals surface area contributed by atoms with Gasteiger partial charge in [0.15, 0.2) is 0 Å². The molecule has 0 heterocycles. The zero-order valence-corrected chi connectivity index (χ0v) is 14.4. The van der Waals surface area contributed by atoms with Crippen LogP contribution in [0.25, 0.3) is 11.1 Å². The van der Waals surface area contributed by atoms with Crippen LogP contribution in [0.4, 0.5) is 5.69 Å². The Morgan fingerprint density at radius 2 is 1.31 bits per heavy atom. The molecule has 0 aliphatic carbocycles. The Labute approximate surface area is 152 Å². The van der Waals surface area contributed by atoms with Gasteiger partial charge in [-0.3, -0.25) is 9.59 Å². The molecule has 0 aliphatic heterocycles. The van der Waals surface area contributed by atoms with Gasteiger partial charge in [0.05, 0.1) is 0 Å². The minimum Gasteiger partial charge on any atom is -0.447 e. The Balaban J connectivity index is 1.83. The first-order chi connectivity index (χ1) is 12.6. The fourth-order valence-electron chi connectivity index (χ4n) is 2.65. The van der Waals surface area contributed by atoms with Gasteiger partial charge >= 0.3 is 5.97 Å². The highest BCUT2D eigenvalue weighted by atomic mass is 16.5. The maximum atomic E-state index is 12.6. The third-order valence-electron chi connectivity index (χ3n) is 3.88. The first kappa shape index (κ1) is 17.4. The smallest absolute Gasteiger partial charge is 0.303 e. The summed E-state index contributed by atoms with van der Waals surface area (Å²) >= 11 is 0. The molecule has 0 saturated heterocycles. The number of anilines is 1. The Morgan fingerprint density at radius 3 is 1.88 bits per heavy atom. The molecule has 0 saturated carbocycles. The lowest BCUT2D eigenvalue weighted by molar-refractivity contribution is -0.152. The average Bonchev–Trinajstić information content (AvgIpc) is 2.67. The molecule has 3 aromatic rings. The Hall–Kier alpha value is -3.40.